The molecule has 0 aromatic heterocycles. The molecule has 0 atom stereocenters. The first-order valence-electron chi connectivity index (χ1n) is 4.01. The van der Waals surface area contributed by atoms with Gasteiger partial charge in [0.15, 0.2) is 0 Å². The summed E-state index contributed by atoms with van der Waals surface area (Å²) in [4.78, 5) is 0. The smallest absolute Gasteiger partial charge is 0.0396 e. The number of allylic oxidation sites excluding steroid dienone is 3. The lowest BCUT2D eigenvalue weighted by Gasteiger charge is -2.20. The average Bonchev–Trinajstić information content (AvgIpc) is 2.04. The van der Waals surface area contributed by atoms with Crippen LogP contribution in [0, 0.1) is 0 Å². The molecule has 0 amide bonds. The summed E-state index contributed by atoms with van der Waals surface area (Å²) in [5, 5.41) is 3.33. The minimum absolute atomic E-state index is 1.07. The second kappa shape index (κ2) is 3.42. The molecule has 0 saturated carbocycles. The van der Waals surface area contributed by atoms with E-state index in [4.69, 9.17) is 0 Å². The van der Waals surface area contributed by atoms with Crippen molar-refractivity contribution in [2.24, 2.45) is 0 Å². The largest absolute Gasteiger partial charge is 0.385 e. The van der Waals surface area contributed by atoms with E-state index in [1.54, 1.807) is 0 Å². The van der Waals surface area contributed by atoms with Gasteiger partial charge >= 0.3 is 0 Å². The van der Waals surface area contributed by atoms with Crippen LogP contribution in [-0.2, 0) is 0 Å². The third-order valence-corrected chi connectivity index (χ3v) is 1.92. The van der Waals surface area contributed by atoms with E-state index in [-0.39, 0.29) is 0 Å². The molecule has 0 spiro atoms. The molecule has 0 aromatic rings. The minimum Gasteiger partial charge on any atom is -0.385 e. The van der Waals surface area contributed by atoms with E-state index >= 15 is 0 Å². The van der Waals surface area contributed by atoms with Crippen molar-refractivity contribution in [3.8, 4) is 0 Å². The van der Waals surface area contributed by atoms with Gasteiger partial charge in [-0.2, -0.15) is 0 Å². The first-order valence-corrected chi connectivity index (χ1v) is 4.01. The molecule has 1 nitrogen and oxygen atoms in total. The van der Waals surface area contributed by atoms with Crippen LogP contribution in [0.5, 0.6) is 0 Å². The van der Waals surface area contributed by atoms with Gasteiger partial charge < -0.3 is 5.32 Å². The number of hydrogen-bond donors (Lipinski definition) is 1. The molecule has 1 heterocycles. The monoisotopic (exact) mass is 149 g/mol. The van der Waals surface area contributed by atoms with Gasteiger partial charge in [0.1, 0.15) is 0 Å². The van der Waals surface area contributed by atoms with Gasteiger partial charge in [-0.1, -0.05) is 19.2 Å². The topological polar surface area (TPSA) is 12.0 Å². The highest BCUT2D eigenvalue weighted by Gasteiger charge is 2.08. The molecule has 1 aliphatic heterocycles. The quantitative estimate of drug-likeness (QED) is 0.635. The Hall–Kier alpha value is -0.980. The summed E-state index contributed by atoms with van der Waals surface area (Å²) < 4.78 is 0. The predicted molar refractivity (Wildman–Crippen MR) is 49.3 cm³/mol. The molecule has 1 rings (SSSR count). The van der Waals surface area contributed by atoms with Crippen molar-refractivity contribution < 1.29 is 0 Å². The summed E-state index contributed by atoms with van der Waals surface area (Å²) >= 11 is 0. The highest BCUT2D eigenvalue weighted by molar-refractivity contribution is 5.36. The fourth-order valence-corrected chi connectivity index (χ4v) is 1.36. The van der Waals surface area contributed by atoms with Gasteiger partial charge in [-0.15, -0.1) is 0 Å². The van der Waals surface area contributed by atoms with E-state index in [0.717, 1.165) is 18.5 Å². The van der Waals surface area contributed by atoms with Crippen molar-refractivity contribution in [1.29, 1.82) is 0 Å². The zero-order valence-corrected chi connectivity index (χ0v) is 7.11. The predicted octanol–water partition coefficient (Wildman–Crippen LogP) is 2.39. The maximum atomic E-state index is 3.91. The molecule has 0 aromatic carbocycles. The zero-order chi connectivity index (χ0) is 8.27. The summed E-state index contributed by atoms with van der Waals surface area (Å²) in [5.41, 5.74) is 3.62. The fourth-order valence-electron chi connectivity index (χ4n) is 1.36. The van der Waals surface area contributed by atoms with Crippen molar-refractivity contribution in [2.45, 2.75) is 19.8 Å². The van der Waals surface area contributed by atoms with Crippen LogP contribution in [0.1, 0.15) is 19.8 Å². The second-order valence-electron chi connectivity index (χ2n) is 2.92. The van der Waals surface area contributed by atoms with E-state index in [1.807, 2.05) is 13.0 Å². The highest BCUT2D eigenvalue weighted by atomic mass is 14.9. The van der Waals surface area contributed by atoms with Gasteiger partial charge in [0.25, 0.3) is 0 Å². The average molecular weight is 149 g/mol. The standard InChI is InChI=1S/C10H15N/c1-4-9-6-5-7-11-10(9)8(2)3/h4,11H,1-2,5-7H2,3H3. The van der Waals surface area contributed by atoms with E-state index in [9.17, 15) is 0 Å². The van der Waals surface area contributed by atoms with E-state index < -0.39 is 0 Å². The summed E-state index contributed by atoms with van der Waals surface area (Å²) in [6.07, 6.45) is 4.27. The molecule has 0 saturated heterocycles. The molecule has 1 aliphatic rings. The zero-order valence-electron chi connectivity index (χ0n) is 7.11. The first kappa shape index (κ1) is 8.12. The van der Waals surface area contributed by atoms with Crippen molar-refractivity contribution in [3.05, 3.63) is 36.1 Å². The van der Waals surface area contributed by atoms with Crippen LogP contribution in [0.15, 0.2) is 36.1 Å². The van der Waals surface area contributed by atoms with E-state index in [2.05, 4.69) is 18.5 Å². The minimum atomic E-state index is 1.07. The van der Waals surface area contributed by atoms with Crippen molar-refractivity contribution in [2.75, 3.05) is 6.54 Å². The first-order chi connectivity index (χ1) is 5.25. The summed E-state index contributed by atoms with van der Waals surface area (Å²) in [5.74, 6) is 0. The molecule has 0 radical (unpaired) electrons. The van der Waals surface area contributed by atoms with Crippen molar-refractivity contribution in [1.82, 2.24) is 5.32 Å². The third kappa shape index (κ3) is 1.73. The van der Waals surface area contributed by atoms with Crippen molar-refractivity contribution in [3.63, 3.8) is 0 Å². The Kier molecular flexibility index (Phi) is 2.53. The van der Waals surface area contributed by atoms with E-state index in [1.165, 1.54) is 17.7 Å². The Bertz CT molecular complexity index is 211. The Balaban J connectivity index is 2.90. The van der Waals surface area contributed by atoms with E-state index in [0.29, 0.717) is 0 Å². The van der Waals surface area contributed by atoms with Crippen LogP contribution >= 0.6 is 0 Å². The van der Waals surface area contributed by atoms with Crippen LogP contribution < -0.4 is 5.32 Å². The normalized spacial score (nSPS) is 17.5. The summed E-state index contributed by atoms with van der Waals surface area (Å²) in [6.45, 7) is 10.8. The Morgan fingerprint density at radius 2 is 2.36 bits per heavy atom. The number of hydrogen-bond acceptors (Lipinski definition) is 1. The van der Waals surface area contributed by atoms with Gasteiger partial charge in [0, 0.05) is 12.2 Å². The lowest BCUT2D eigenvalue weighted by molar-refractivity contribution is 0.678. The third-order valence-electron chi connectivity index (χ3n) is 1.92. The number of nitrogens with one attached hydrogen (secondary N) is 1. The second-order valence-corrected chi connectivity index (χ2v) is 2.92. The molecule has 1 heteroatoms. The number of rotatable bonds is 2. The highest BCUT2D eigenvalue weighted by Crippen LogP contribution is 2.19. The Labute approximate surface area is 68.5 Å². The van der Waals surface area contributed by atoms with Crippen LogP contribution in [0.25, 0.3) is 0 Å². The van der Waals surface area contributed by atoms with Gasteiger partial charge in [-0.25, -0.2) is 0 Å². The lowest BCUT2D eigenvalue weighted by atomic mass is 10.0. The maximum Gasteiger partial charge on any atom is 0.0396 e. The molecule has 0 unspecified atom stereocenters. The molecule has 0 aliphatic carbocycles. The molecular weight excluding hydrogens is 134 g/mol. The lowest BCUT2D eigenvalue weighted by Crippen LogP contribution is -2.21. The Morgan fingerprint density at radius 1 is 1.64 bits per heavy atom. The maximum absolute atomic E-state index is 3.91. The molecule has 0 bridgehead atoms. The van der Waals surface area contributed by atoms with Crippen LogP contribution in [0.3, 0.4) is 0 Å². The summed E-state index contributed by atoms with van der Waals surface area (Å²) in [6, 6.07) is 0. The summed E-state index contributed by atoms with van der Waals surface area (Å²) in [7, 11) is 0. The molecule has 11 heavy (non-hydrogen) atoms. The van der Waals surface area contributed by atoms with Crippen LogP contribution in [0.2, 0.25) is 0 Å². The SMILES string of the molecule is C=CC1=C(C(=C)C)NCCC1. The molecule has 60 valence electrons. The molecule has 1 N–H and O–H groups in total. The van der Waals surface area contributed by atoms with Gasteiger partial charge in [0.2, 0.25) is 0 Å². The van der Waals surface area contributed by atoms with Gasteiger partial charge in [-0.3, -0.25) is 0 Å². The molecule has 0 fully saturated rings. The fraction of sp³-hybridized carbons (Fsp3) is 0.400. The van der Waals surface area contributed by atoms with Gasteiger partial charge in [-0.05, 0) is 30.9 Å². The van der Waals surface area contributed by atoms with Gasteiger partial charge in [0.05, 0.1) is 0 Å². The van der Waals surface area contributed by atoms with Crippen LogP contribution in [-0.4, -0.2) is 6.54 Å². The molecular formula is C10H15N. The Morgan fingerprint density at radius 3 is 2.82 bits per heavy atom. The van der Waals surface area contributed by atoms with Crippen LogP contribution in [0.4, 0.5) is 0 Å². The van der Waals surface area contributed by atoms with Crippen molar-refractivity contribution >= 4 is 0 Å².